The first-order chi connectivity index (χ1) is 14.6. The van der Waals surface area contributed by atoms with Gasteiger partial charge in [0.25, 0.3) is 0 Å². The first kappa shape index (κ1) is 20.3. The van der Waals surface area contributed by atoms with Gasteiger partial charge in [-0.15, -0.1) is 0 Å². The Balaban J connectivity index is 1.75. The average Bonchev–Trinajstić information content (AvgIpc) is 3.12. The van der Waals surface area contributed by atoms with E-state index < -0.39 is 12.0 Å². The van der Waals surface area contributed by atoms with Crippen LogP contribution in [0.5, 0.6) is 0 Å². The van der Waals surface area contributed by atoms with Gasteiger partial charge in [0.1, 0.15) is 11.7 Å². The minimum absolute atomic E-state index is 0.305. The Labute approximate surface area is 183 Å². The van der Waals surface area contributed by atoms with Crippen LogP contribution >= 0.6 is 15.9 Å². The van der Waals surface area contributed by atoms with Crippen molar-refractivity contribution in [1.29, 1.82) is 0 Å². The molecule has 0 spiro atoms. The smallest absolute Gasteiger partial charge is 0.323 e. The molecule has 1 unspecified atom stereocenters. The SMILES string of the molecule is CCOC(=O)C(N)Cc1c(-c2ccc(-c3ccccc3)cc2)nc2ccc(Br)cn12. The summed E-state index contributed by atoms with van der Waals surface area (Å²) in [6, 6.07) is 21.6. The van der Waals surface area contributed by atoms with Gasteiger partial charge in [-0.2, -0.15) is 0 Å². The number of nitrogens with zero attached hydrogens (tertiary/aromatic N) is 2. The molecule has 5 nitrogen and oxygen atoms in total. The number of fused-ring (bicyclic) bond motifs is 1. The van der Waals surface area contributed by atoms with E-state index in [0.29, 0.717) is 13.0 Å². The van der Waals surface area contributed by atoms with Crippen LogP contribution in [0.25, 0.3) is 28.0 Å². The Morgan fingerprint density at radius 2 is 1.70 bits per heavy atom. The van der Waals surface area contributed by atoms with Gasteiger partial charge in [-0.1, -0.05) is 54.6 Å². The summed E-state index contributed by atoms with van der Waals surface area (Å²) in [5, 5.41) is 0. The Morgan fingerprint density at radius 3 is 2.40 bits per heavy atom. The molecule has 0 aliphatic carbocycles. The average molecular weight is 464 g/mol. The molecule has 0 fully saturated rings. The van der Waals surface area contributed by atoms with Crippen molar-refractivity contribution in [1.82, 2.24) is 9.38 Å². The summed E-state index contributed by atoms with van der Waals surface area (Å²) in [6.07, 6.45) is 2.27. The lowest BCUT2D eigenvalue weighted by molar-refractivity contribution is -0.144. The fraction of sp³-hybridized carbons (Fsp3) is 0.167. The molecule has 6 heteroatoms. The van der Waals surface area contributed by atoms with Crippen molar-refractivity contribution in [3.05, 3.63) is 83.1 Å². The zero-order valence-corrected chi connectivity index (χ0v) is 18.2. The highest BCUT2D eigenvalue weighted by Crippen LogP contribution is 2.29. The highest BCUT2D eigenvalue weighted by Gasteiger charge is 2.22. The summed E-state index contributed by atoms with van der Waals surface area (Å²) >= 11 is 3.52. The van der Waals surface area contributed by atoms with Crippen LogP contribution in [0.2, 0.25) is 0 Å². The predicted octanol–water partition coefficient (Wildman–Crippen LogP) is 4.86. The van der Waals surface area contributed by atoms with Gasteiger partial charge in [-0.25, -0.2) is 4.98 Å². The second kappa shape index (κ2) is 8.81. The summed E-state index contributed by atoms with van der Waals surface area (Å²) in [7, 11) is 0. The van der Waals surface area contributed by atoms with Crippen molar-refractivity contribution in [3.63, 3.8) is 0 Å². The van der Waals surface area contributed by atoms with Crippen LogP contribution in [-0.2, 0) is 16.0 Å². The van der Waals surface area contributed by atoms with Gasteiger partial charge < -0.3 is 14.9 Å². The summed E-state index contributed by atoms with van der Waals surface area (Å²) in [5.41, 5.74) is 11.9. The first-order valence-corrected chi connectivity index (χ1v) is 10.6. The zero-order chi connectivity index (χ0) is 21.1. The van der Waals surface area contributed by atoms with Crippen molar-refractivity contribution in [3.8, 4) is 22.4 Å². The molecule has 0 bridgehead atoms. The quantitative estimate of drug-likeness (QED) is 0.414. The van der Waals surface area contributed by atoms with Gasteiger partial charge >= 0.3 is 5.97 Å². The number of aromatic nitrogens is 2. The van der Waals surface area contributed by atoms with E-state index in [0.717, 1.165) is 38.2 Å². The minimum Gasteiger partial charge on any atom is -0.465 e. The maximum atomic E-state index is 12.1. The number of imidazole rings is 1. The number of carbonyl (C=O) groups excluding carboxylic acids is 1. The molecule has 2 aromatic heterocycles. The number of benzene rings is 2. The maximum Gasteiger partial charge on any atom is 0.323 e. The molecule has 2 aromatic carbocycles. The summed E-state index contributed by atoms with van der Waals surface area (Å²) in [5.74, 6) is -0.409. The number of pyridine rings is 1. The number of hydrogen-bond acceptors (Lipinski definition) is 4. The Kier molecular flexibility index (Phi) is 5.97. The fourth-order valence-electron chi connectivity index (χ4n) is 3.49. The van der Waals surface area contributed by atoms with Crippen LogP contribution in [0.1, 0.15) is 12.6 Å². The molecular formula is C24H22BrN3O2. The number of ether oxygens (including phenoxy) is 1. The number of rotatable bonds is 6. The molecule has 0 aliphatic heterocycles. The van der Waals surface area contributed by atoms with Crippen LogP contribution in [0.3, 0.4) is 0 Å². The van der Waals surface area contributed by atoms with Gasteiger partial charge in [-0.3, -0.25) is 4.79 Å². The number of halogens is 1. The van der Waals surface area contributed by atoms with Gasteiger partial charge in [-0.05, 0) is 46.1 Å². The third-order valence-corrected chi connectivity index (χ3v) is 5.42. The molecule has 4 rings (SSSR count). The lowest BCUT2D eigenvalue weighted by Crippen LogP contribution is -2.34. The number of hydrogen-bond donors (Lipinski definition) is 1. The molecule has 4 aromatic rings. The molecule has 0 radical (unpaired) electrons. The molecule has 30 heavy (non-hydrogen) atoms. The van der Waals surface area contributed by atoms with Crippen LogP contribution in [-0.4, -0.2) is 28.0 Å². The van der Waals surface area contributed by atoms with Crippen LogP contribution in [0.4, 0.5) is 0 Å². The predicted molar refractivity (Wildman–Crippen MR) is 122 cm³/mol. The van der Waals surface area contributed by atoms with E-state index >= 15 is 0 Å². The van der Waals surface area contributed by atoms with Crippen LogP contribution < -0.4 is 5.73 Å². The van der Waals surface area contributed by atoms with E-state index in [9.17, 15) is 4.79 Å². The highest BCUT2D eigenvalue weighted by atomic mass is 79.9. The van der Waals surface area contributed by atoms with E-state index in [-0.39, 0.29) is 0 Å². The minimum atomic E-state index is -0.758. The highest BCUT2D eigenvalue weighted by molar-refractivity contribution is 9.10. The van der Waals surface area contributed by atoms with E-state index in [1.807, 2.05) is 40.9 Å². The Morgan fingerprint density at radius 1 is 1.03 bits per heavy atom. The molecule has 2 N–H and O–H groups in total. The number of carbonyl (C=O) groups is 1. The standard InChI is InChI=1S/C24H22BrN3O2/c1-2-30-24(29)20(26)14-21-23(27-22-13-12-19(25)15-28(21)22)18-10-8-17(9-11-18)16-6-4-3-5-7-16/h3-13,15,20H,2,14,26H2,1H3. The van der Waals surface area contributed by atoms with Crippen molar-refractivity contribution in [2.75, 3.05) is 6.61 Å². The number of esters is 1. The monoisotopic (exact) mass is 463 g/mol. The van der Waals surface area contributed by atoms with Crippen molar-refractivity contribution >= 4 is 27.5 Å². The summed E-state index contributed by atoms with van der Waals surface area (Å²) in [6.45, 7) is 2.08. The van der Waals surface area contributed by atoms with Crippen LogP contribution in [0, 0.1) is 0 Å². The van der Waals surface area contributed by atoms with E-state index in [2.05, 4.69) is 52.3 Å². The van der Waals surface area contributed by atoms with Crippen LogP contribution in [0.15, 0.2) is 77.4 Å². The molecule has 2 heterocycles. The molecule has 0 amide bonds. The fourth-order valence-corrected chi connectivity index (χ4v) is 3.82. The molecule has 0 aliphatic rings. The molecular weight excluding hydrogens is 442 g/mol. The van der Waals surface area contributed by atoms with E-state index in [4.69, 9.17) is 15.5 Å². The van der Waals surface area contributed by atoms with Gasteiger partial charge in [0.2, 0.25) is 0 Å². The third-order valence-electron chi connectivity index (χ3n) is 4.95. The first-order valence-electron chi connectivity index (χ1n) is 9.81. The van der Waals surface area contributed by atoms with E-state index in [1.165, 1.54) is 0 Å². The molecule has 0 saturated carbocycles. The Hall–Kier alpha value is -2.96. The van der Waals surface area contributed by atoms with E-state index in [1.54, 1.807) is 6.92 Å². The summed E-state index contributed by atoms with van der Waals surface area (Å²) < 4.78 is 7.99. The molecule has 1 atom stereocenters. The van der Waals surface area contributed by atoms with Crippen molar-refractivity contribution < 1.29 is 9.53 Å². The van der Waals surface area contributed by atoms with Crippen molar-refractivity contribution in [2.24, 2.45) is 5.73 Å². The topological polar surface area (TPSA) is 69.6 Å². The number of nitrogens with two attached hydrogens (primary N) is 1. The zero-order valence-electron chi connectivity index (χ0n) is 16.6. The largest absolute Gasteiger partial charge is 0.465 e. The second-order valence-corrected chi connectivity index (χ2v) is 7.90. The third kappa shape index (κ3) is 4.15. The second-order valence-electron chi connectivity index (χ2n) is 6.99. The van der Waals surface area contributed by atoms with Crippen molar-refractivity contribution in [2.45, 2.75) is 19.4 Å². The Bertz CT molecular complexity index is 1170. The molecule has 152 valence electrons. The lowest BCUT2D eigenvalue weighted by Gasteiger charge is -2.12. The van der Waals surface area contributed by atoms with Gasteiger partial charge in [0.05, 0.1) is 18.0 Å². The van der Waals surface area contributed by atoms with Gasteiger partial charge in [0.15, 0.2) is 0 Å². The normalized spacial score (nSPS) is 12.1. The lowest BCUT2D eigenvalue weighted by atomic mass is 10.0. The molecule has 0 saturated heterocycles. The maximum absolute atomic E-state index is 12.1. The summed E-state index contributed by atoms with van der Waals surface area (Å²) in [4.78, 5) is 17.0. The van der Waals surface area contributed by atoms with Gasteiger partial charge in [0, 0.05) is 22.7 Å².